The summed E-state index contributed by atoms with van der Waals surface area (Å²) in [5, 5.41) is 0.628. The number of carbonyl (C=O) groups is 1. The zero-order chi connectivity index (χ0) is 11.4. The van der Waals surface area contributed by atoms with Crippen molar-refractivity contribution in [2.24, 2.45) is 0 Å². The minimum atomic E-state index is -0.351. The van der Waals surface area contributed by atoms with Gasteiger partial charge in [0, 0.05) is 5.33 Å². The molecule has 86 valence electrons. The van der Waals surface area contributed by atoms with Crippen LogP contribution in [0.3, 0.4) is 0 Å². The Balaban J connectivity index is 2.13. The fraction of sp³-hybridized carbons (Fsp3) is 0.364. The van der Waals surface area contributed by atoms with E-state index in [2.05, 4.69) is 15.9 Å². The maximum absolute atomic E-state index is 11.5. The Morgan fingerprint density at radius 3 is 2.81 bits per heavy atom. The summed E-state index contributed by atoms with van der Waals surface area (Å²) in [5.41, 5.74) is 0.477. The smallest absolute Gasteiger partial charge is 0.338 e. The van der Waals surface area contributed by atoms with Crippen molar-refractivity contribution in [2.45, 2.75) is 0 Å². The summed E-state index contributed by atoms with van der Waals surface area (Å²) < 4.78 is 15.7. The van der Waals surface area contributed by atoms with Crippen LogP contribution in [0.2, 0.25) is 0 Å². The lowest BCUT2D eigenvalue weighted by Crippen LogP contribution is -2.16. The van der Waals surface area contributed by atoms with E-state index < -0.39 is 0 Å². The van der Waals surface area contributed by atoms with Gasteiger partial charge in [-0.3, -0.25) is 0 Å². The van der Waals surface area contributed by atoms with Gasteiger partial charge in [0.25, 0.3) is 0 Å². The number of rotatable bonds is 3. The van der Waals surface area contributed by atoms with Crippen LogP contribution in [0.4, 0.5) is 0 Å². The van der Waals surface area contributed by atoms with Crippen LogP contribution in [-0.2, 0) is 4.74 Å². The third-order valence-corrected chi connectivity index (χ3v) is 2.41. The number of alkyl halides is 1. The summed E-state index contributed by atoms with van der Waals surface area (Å²) in [6.07, 6.45) is 0. The van der Waals surface area contributed by atoms with Crippen molar-refractivity contribution in [1.82, 2.24) is 0 Å². The summed E-state index contributed by atoms with van der Waals surface area (Å²) in [4.78, 5) is 11.5. The topological polar surface area (TPSA) is 44.8 Å². The van der Waals surface area contributed by atoms with Crippen LogP contribution in [0, 0.1) is 0 Å². The van der Waals surface area contributed by atoms with Gasteiger partial charge >= 0.3 is 5.97 Å². The van der Waals surface area contributed by atoms with Crippen molar-refractivity contribution in [3.8, 4) is 11.5 Å². The highest BCUT2D eigenvalue weighted by atomic mass is 79.9. The number of fused-ring (bicyclic) bond motifs is 1. The summed E-state index contributed by atoms with van der Waals surface area (Å²) in [7, 11) is 0. The SMILES string of the molecule is O=C(OCCBr)c1ccc2c(c1)OCCO2. The molecule has 0 amide bonds. The molecule has 0 spiro atoms. The fourth-order valence-corrected chi connectivity index (χ4v) is 1.55. The monoisotopic (exact) mass is 286 g/mol. The molecule has 2 rings (SSSR count). The van der Waals surface area contributed by atoms with E-state index in [4.69, 9.17) is 14.2 Å². The van der Waals surface area contributed by atoms with Gasteiger partial charge in [0.05, 0.1) is 5.56 Å². The predicted molar refractivity (Wildman–Crippen MR) is 61.5 cm³/mol. The summed E-state index contributed by atoms with van der Waals surface area (Å²) in [5.74, 6) is 0.916. The molecule has 0 atom stereocenters. The molecule has 0 aromatic heterocycles. The lowest BCUT2D eigenvalue weighted by atomic mass is 10.2. The lowest BCUT2D eigenvalue weighted by molar-refractivity contribution is 0.0530. The zero-order valence-corrected chi connectivity index (χ0v) is 10.2. The van der Waals surface area contributed by atoms with Crippen LogP contribution in [0.15, 0.2) is 18.2 Å². The van der Waals surface area contributed by atoms with Crippen LogP contribution in [-0.4, -0.2) is 31.1 Å². The Bertz CT molecular complexity index is 392. The second-order valence-electron chi connectivity index (χ2n) is 3.18. The van der Waals surface area contributed by atoms with E-state index in [0.29, 0.717) is 42.2 Å². The number of benzene rings is 1. The van der Waals surface area contributed by atoms with Gasteiger partial charge in [-0.2, -0.15) is 0 Å². The van der Waals surface area contributed by atoms with Gasteiger partial charge < -0.3 is 14.2 Å². The number of hydrogen-bond acceptors (Lipinski definition) is 4. The van der Waals surface area contributed by atoms with Gasteiger partial charge in [-0.15, -0.1) is 0 Å². The molecule has 1 aliphatic heterocycles. The minimum Gasteiger partial charge on any atom is -0.486 e. The largest absolute Gasteiger partial charge is 0.486 e. The molecular weight excluding hydrogens is 276 g/mol. The van der Waals surface area contributed by atoms with Crippen LogP contribution in [0.5, 0.6) is 11.5 Å². The van der Waals surface area contributed by atoms with Crippen molar-refractivity contribution in [3.63, 3.8) is 0 Å². The van der Waals surface area contributed by atoms with E-state index in [1.807, 2.05) is 0 Å². The quantitative estimate of drug-likeness (QED) is 0.630. The molecular formula is C11H11BrO4. The van der Waals surface area contributed by atoms with E-state index in [9.17, 15) is 4.79 Å². The molecule has 1 aromatic rings. The van der Waals surface area contributed by atoms with Crippen LogP contribution < -0.4 is 9.47 Å². The highest BCUT2D eigenvalue weighted by molar-refractivity contribution is 9.09. The highest BCUT2D eigenvalue weighted by Crippen LogP contribution is 2.30. The van der Waals surface area contributed by atoms with Crippen LogP contribution >= 0.6 is 15.9 Å². The van der Waals surface area contributed by atoms with Crippen molar-refractivity contribution in [2.75, 3.05) is 25.2 Å². The number of hydrogen-bond donors (Lipinski definition) is 0. The normalized spacial score (nSPS) is 13.3. The number of ether oxygens (including phenoxy) is 3. The molecule has 0 radical (unpaired) electrons. The van der Waals surface area contributed by atoms with Gasteiger partial charge in [-0.25, -0.2) is 4.79 Å². The molecule has 0 aliphatic carbocycles. The van der Waals surface area contributed by atoms with Crippen molar-refractivity contribution >= 4 is 21.9 Å². The Morgan fingerprint density at radius 1 is 1.31 bits per heavy atom. The highest BCUT2D eigenvalue weighted by Gasteiger charge is 2.15. The molecule has 0 bridgehead atoms. The Kier molecular flexibility index (Phi) is 3.66. The fourth-order valence-electron chi connectivity index (χ4n) is 1.38. The molecule has 0 fully saturated rings. The minimum absolute atomic E-state index is 0.351. The van der Waals surface area contributed by atoms with Gasteiger partial charge in [0.1, 0.15) is 19.8 Å². The molecule has 0 N–H and O–H groups in total. The van der Waals surface area contributed by atoms with E-state index >= 15 is 0 Å². The number of halogens is 1. The maximum atomic E-state index is 11.5. The van der Waals surface area contributed by atoms with E-state index in [1.165, 1.54) is 0 Å². The Hall–Kier alpha value is -1.23. The first-order valence-corrected chi connectivity index (χ1v) is 6.06. The predicted octanol–water partition coefficient (Wildman–Crippen LogP) is 2.01. The van der Waals surface area contributed by atoms with Crippen molar-refractivity contribution in [3.05, 3.63) is 23.8 Å². The van der Waals surface area contributed by atoms with E-state index in [0.717, 1.165) is 0 Å². The standard InChI is InChI=1S/C11H11BrO4/c12-3-4-16-11(13)8-1-2-9-10(7-8)15-6-5-14-9/h1-2,7H,3-6H2. The average molecular weight is 287 g/mol. The third kappa shape index (κ3) is 2.47. The second kappa shape index (κ2) is 5.21. The van der Waals surface area contributed by atoms with Crippen LogP contribution in [0.25, 0.3) is 0 Å². The maximum Gasteiger partial charge on any atom is 0.338 e. The van der Waals surface area contributed by atoms with Gasteiger partial charge in [-0.05, 0) is 18.2 Å². The summed E-state index contributed by atoms with van der Waals surface area (Å²) in [6, 6.07) is 5.04. The molecule has 0 saturated heterocycles. The van der Waals surface area contributed by atoms with Crippen LogP contribution in [0.1, 0.15) is 10.4 Å². The van der Waals surface area contributed by atoms with E-state index in [-0.39, 0.29) is 5.97 Å². The third-order valence-electron chi connectivity index (χ3n) is 2.09. The average Bonchev–Trinajstić information content (AvgIpc) is 2.35. The van der Waals surface area contributed by atoms with E-state index in [1.54, 1.807) is 18.2 Å². The molecule has 0 unspecified atom stereocenters. The molecule has 1 aliphatic rings. The van der Waals surface area contributed by atoms with Crippen molar-refractivity contribution < 1.29 is 19.0 Å². The zero-order valence-electron chi connectivity index (χ0n) is 8.57. The van der Waals surface area contributed by atoms with Crippen molar-refractivity contribution in [1.29, 1.82) is 0 Å². The second-order valence-corrected chi connectivity index (χ2v) is 3.98. The summed E-state index contributed by atoms with van der Waals surface area (Å²) in [6.45, 7) is 1.40. The molecule has 0 saturated carbocycles. The Morgan fingerprint density at radius 2 is 2.06 bits per heavy atom. The van der Waals surface area contributed by atoms with Gasteiger partial charge in [0.15, 0.2) is 11.5 Å². The Labute approximate surface area is 102 Å². The lowest BCUT2D eigenvalue weighted by Gasteiger charge is -2.18. The first-order chi connectivity index (χ1) is 7.81. The molecule has 1 aromatic carbocycles. The first kappa shape index (κ1) is 11.3. The molecule has 16 heavy (non-hydrogen) atoms. The van der Waals surface area contributed by atoms with Gasteiger partial charge in [-0.1, -0.05) is 15.9 Å². The summed E-state index contributed by atoms with van der Waals surface area (Å²) >= 11 is 3.19. The van der Waals surface area contributed by atoms with Gasteiger partial charge in [0.2, 0.25) is 0 Å². The number of carbonyl (C=O) groups excluding carboxylic acids is 1. The first-order valence-electron chi connectivity index (χ1n) is 4.94. The molecule has 4 nitrogen and oxygen atoms in total. The molecule has 5 heteroatoms. The molecule has 1 heterocycles. The number of esters is 1.